The van der Waals surface area contributed by atoms with Gasteiger partial charge in [-0.05, 0) is 62.3 Å². The third-order valence-electron chi connectivity index (χ3n) is 9.95. The zero-order valence-electron chi connectivity index (χ0n) is 23.7. The molecule has 9 heteroatoms. The molecule has 214 valence electrons. The highest BCUT2D eigenvalue weighted by atomic mass is 16.5. The molecule has 2 aliphatic heterocycles. The minimum Gasteiger partial charge on any atom is -0.494 e. The van der Waals surface area contributed by atoms with E-state index in [-0.39, 0.29) is 24.0 Å². The van der Waals surface area contributed by atoms with Crippen molar-refractivity contribution < 1.29 is 14.6 Å². The molecule has 41 heavy (non-hydrogen) atoms. The van der Waals surface area contributed by atoms with Crippen molar-refractivity contribution in [2.75, 3.05) is 44.8 Å². The predicted molar refractivity (Wildman–Crippen MR) is 159 cm³/mol. The summed E-state index contributed by atoms with van der Waals surface area (Å²) in [6.07, 6.45) is 5.43. The second kappa shape index (κ2) is 9.22. The number of para-hydroxylation sites is 1. The first-order valence-electron chi connectivity index (χ1n) is 15.1. The van der Waals surface area contributed by atoms with Gasteiger partial charge in [0.1, 0.15) is 11.3 Å². The topological polar surface area (TPSA) is 102 Å². The molecule has 1 amide bonds. The Morgan fingerprint density at radius 3 is 2.76 bits per heavy atom. The zero-order chi connectivity index (χ0) is 27.9. The Hall–Kier alpha value is -3.56. The molecule has 0 unspecified atom stereocenters. The molecule has 4 heterocycles. The second-order valence-corrected chi connectivity index (χ2v) is 12.7. The summed E-state index contributed by atoms with van der Waals surface area (Å²) >= 11 is 0. The van der Waals surface area contributed by atoms with Crippen LogP contribution in [-0.4, -0.2) is 76.0 Å². The molecule has 1 atom stereocenters. The van der Waals surface area contributed by atoms with E-state index in [4.69, 9.17) is 15.5 Å². The number of likely N-dealkylation sites (tertiary alicyclic amines) is 1. The maximum absolute atomic E-state index is 13.7. The van der Waals surface area contributed by atoms with Crippen LogP contribution < -0.4 is 15.4 Å². The molecule has 2 aromatic carbocycles. The average Bonchev–Trinajstić information content (AvgIpc) is 3.87. The van der Waals surface area contributed by atoms with E-state index in [9.17, 15) is 9.90 Å². The highest BCUT2D eigenvalue weighted by molar-refractivity contribution is 6.01. The summed E-state index contributed by atoms with van der Waals surface area (Å²) in [4.78, 5) is 23.2. The number of nitrogens with zero attached hydrogens (tertiary/aromatic N) is 5. The number of carbonyl (C=O) groups is 1. The first-order valence-corrected chi connectivity index (χ1v) is 15.1. The van der Waals surface area contributed by atoms with Gasteiger partial charge in [0.25, 0.3) is 5.91 Å². The summed E-state index contributed by atoms with van der Waals surface area (Å²) < 4.78 is 10.7. The number of benzene rings is 2. The summed E-state index contributed by atoms with van der Waals surface area (Å²) in [5.41, 5.74) is 12.5. The fourth-order valence-corrected chi connectivity index (χ4v) is 7.27. The van der Waals surface area contributed by atoms with E-state index in [1.807, 2.05) is 17.0 Å². The lowest BCUT2D eigenvalue weighted by molar-refractivity contribution is 0.0784. The summed E-state index contributed by atoms with van der Waals surface area (Å²) in [5, 5.41) is 10.6. The van der Waals surface area contributed by atoms with E-state index >= 15 is 0 Å². The number of methoxy groups -OCH3 is 1. The number of hydrogen-bond acceptors (Lipinski definition) is 6. The van der Waals surface area contributed by atoms with Gasteiger partial charge in [-0.1, -0.05) is 12.1 Å². The van der Waals surface area contributed by atoms with E-state index < -0.39 is 0 Å². The van der Waals surface area contributed by atoms with Crippen LogP contribution in [0.5, 0.6) is 5.75 Å². The van der Waals surface area contributed by atoms with Crippen molar-refractivity contribution >= 4 is 33.5 Å². The molecular formula is C32H38N6O3. The quantitative estimate of drug-likeness (QED) is 0.343. The molecular weight excluding hydrogens is 516 g/mol. The van der Waals surface area contributed by atoms with Gasteiger partial charge in [0.2, 0.25) is 0 Å². The summed E-state index contributed by atoms with van der Waals surface area (Å²) in [5.74, 6) is 2.27. The lowest BCUT2D eigenvalue weighted by Gasteiger charge is -2.31. The molecule has 2 saturated carbocycles. The Balaban J connectivity index is 1.25. The standard InChI is InChI=1S/C32H38N6O3/c1-41-26-16-22(31(40)36-18-27(33)32(19-36)8-9-32)14-23-29(26)38(17-20-6-7-20)30(34-23)25-15-21-4-2-5-24-28(21)37(25)12-11-35(24)10-3-13-39/h2,4-5,14-16,20,27,39H,3,6-13,17-19,33H2,1H3/t27-/m0/s1. The van der Waals surface area contributed by atoms with Crippen molar-refractivity contribution in [1.29, 1.82) is 0 Å². The Morgan fingerprint density at radius 2 is 2.02 bits per heavy atom. The van der Waals surface area contributed by atoms with E-state index in [0.29, 0.717) is 23.8 Å². The molecule has 3 fully saturated rings. The summed E-state index contributed by atoms with van der Waals surface area (Å²) in [7, 11) is 1.69. The van der Waals surface area contributed by atoms with E-state index in [2.05, 4.69) is 38.3 Å². The third-order valence-corrected chi connectivity index (χ3v) is 9.95. The normalized spacial score (nSPS) is 21.0. The van der Waals surface area contributed by atoms with Crippen molar-refractivity contribution in [2.24, 2.45) is 17.1 Å². The minimum absolute atomic E-state index is 0.0128. The Kier molecular flexibility index (Phi) is 5.66. The number of imidazole rings is 1. The Bertz CT molecular complexity index is 1680. The molecule has 1 spiro atoms. The fourth-order valence-electron chi connectivity index (χ4n) is 7.27. The van der Waals surface area contributed by atoms with E-state index in [1.165, 1.54) is 29.4 Å². The number of aliphatic hydroxyl groups excluding tert-OH is 1. The number of anilines is 1. The van der Waals surface area contributed by atoms with Crippen molar-refractivity contribution in [3.63, 3.8) is 0 Å². The molecule has 1 saturated heterocycles. The summed E-state index contributed by atoms with van der Waals surface area (Å²) in [6, 6.07) is 12.7. The number of ether oxygens (including phenoxy) is 1. The van der Waals surface area contributed by atoms with Crippen LogP contribution in [0.1, 0.15) is 42.5 Å². The van der Waals surface area contributed by atoms with Crippen molar-refractivity contribution in [2.45, 2.75) is 51.2 Å². The first-order chi connectivity index (χ1) is 20.0. The van der Waals surface area contributed by atoms with Gasteiger partial charge in [-0.3, -0.25) is 4.79 Å². The Labute approximate surface area is 239 Å². The van der Waals surface area contributed by atoms with Gasteiger partial charge < -0.3 is 34.5 Å². The number of carbonyl (C=O) groups excluding carboxylic acids is 1. The van der Waals surface area contributed by atoms with Crippen LogP contribution in [0, 0.1) is 11.3 Å². The van der Waals surface area contributed by atoms with E-state index in [0.717, 1.165) is 74.5 Å². The monoisotopic (exact) mass is 554 g/mol. The molecule has 2 aromatic heterocycles. The van der Waals surface area contributed by atoms with Gasteiger partial charge in [-0.2, -0.15) is 0 Å². The van der Waals surface area contributed by atoms with Gasteiger partial charge in [0, 0.05) is 68.3 Å². The van der Waals surface area contributed by atoms with Gasteiger partial charge in [0.05, 0.1) is 29.5 Å². The van der Waals surface area contributed by atoms with Crippen molar-refractivity contribution in [3.8, 4) is 17.3 Å². The number of aromatic nitrogens is 3. The SMILES string of the molecule is COc1cc(C(=O)N2C[C@H](N)C3(CC3)C2)cc2nc(-c3cc4cccc5c4n3CCN5CCCO)n(CC3CC3)c12. The maximum atomic E-state index is 13.7. The number of hydrogen-bond donors (Lipinski definition) is 2. The first kappa shape index (κ1) is 25.2. The molecule has 0 bridgehead atoms. The molecule has 4 aromatic rings. The Morgan fingerprint density at radius 1 is 1.17 bits per heavy atom. The van der Waals surface area contributed by atoms with Crippen molar-refractivity contribution in [3.05, 3.63) is 42.0 Å². The van der Waals surface area contributed by atoms with Gasteiger partial charge in [-0.25, -0.2) is 4.98 Å². The third kappa shape index (κ3) is 3.96. The summed E-state index contributed by atoms with van der Waals surface area (Å²) in [6.45, 7) is 5.01. The number of amides is 1. The fraction of sp³-hybridized carbons (Fsp3) is 0.500. The molecule has 9 nitrogen and oxygen atoms in total. The lowest BCUT2D eigenvalue weighted by atomic mass is 10.0. The van der Waals surface area contributed by atoms with Crippen LogP contribution in [0.15, 0.2) is 36.4 Å². The number of fused-ring (bicyclic) bond motifs is 1. The van der Waals surface area contributed by atoms with Crippen LogP contribution in [-0.2, 0) is 13.1 Å². The van der Waals surface area contributed by atoms with Gasteiger partial charge in [0.15, 0.2) is 5.82 Å². The average molecular weight is 555 g/mol. The van der Waals surface area contributed by atoms with Gasteiger partial charge >= 0.3 is 0 Å². The molecule has 4 aliphatic rings. The molecule has 8 rings (SSSR count). The van der Waals surface area contributed by atoms with Crippen LogP contribution in [0.3, 0.4) is 0 Å². The van der Waals surface area contributed by atoms with Crippen molar-refractivity contribution in [1.82, 2.24) is 19.0 Å². The van der Waals surface area contributed by atoms with Crippen LogP contribution in [0.25, 0.3) is 33.5 Å². The molecule has 0 radical (unpaired) electrons. The second-order valence-electron chi connectivity index (χ2n) is 12.7. The largest absolute Gasteiger partial charge is 0.494 e. The maximum Gasteiger partial charge on any atom is 0.254 e. The molecule has 3 N–H and O–H groups in total. The van der Waals surface area contributed by atoms with Gasteiger partial charge in [-0.15, -0.1) is 0 Å². The minimum atomic E-state index is 0.0128. The van der Waals surface area contributed by atoms with Crippen LogP contribution in [0.2, 0.25) is 0 Å². The predicted octanol–water partition coefficient (Wildman–Crippen LogP) is 3.84. The number of aliphatic hydroxyl groups is 1. The van der Waals surface area contributed by atoms with Crippen LogP contribution >= 0.6 is 0 Å². The van der Waals surface area contributed by atoms with Crippen LogP contribution in [0.4, 0.5) is 5.69 Å². The zero-order valence-corrected chi connectivity index (χ0v) is 23.7. The highest BCUT2D eigenvalue weighted by Crippen LogP contribution is 2.52. The van der Waals surface area contributed by atoms with E-state index in [1.54, 1.807) is 7.11 Å². The number of nitrogens with two attached hydrogens (primary N) is 1. The molecule has 2 aliphatic carbocycles. The smallest absolute Gasteiger partial charge is 0.254 e. The lowest BCUT2D eigenvalue weighted by Crippen LogP contribution is -2.33. The highest BCUT2D eigenvalue weighted by Gasteiger charge is 2.54. The number of rotatable bonds is 8.